The van der Waals surface area contributed by atoms with Crippen molar-refractivity contribution in [2.75, 3.05) is 46.4 Å². The standard InChI is InChI=1S/C17H26N4O4/c1-13(16(22)19-17(18)23)21-9-7-20(8-10-21)11-12-25-15-5-3-14(24-2)4-6-15/h3-6,13H,7-12H2,1-2H3,(H3,18,19,22,23). The van der Waals surface area contributed by atoms with E-state index in [4.69, 9.17) is 15.2 Å². The first-order chi connectivity index (χ1) is 12.0. The molecule has 0 spiro atoms. The van der Waals surface area contributed by atoms with Gasteiger partial charge >= 0.3 is 6.03 Å². The van der Waals surface area contributed by atoms with Crippen LogP contribution in [0.4, 0.5) is 4.79 Å². The van der Waals surface area contributed by atoms with Gasteiger partial charge in [-0.05, 0) is 31.2 Å². The summed E-state index contributed by atoms with van der Waals surface area (Å²) in [5.74, 6) is 1.26. The highest BCUT2D eigenvalue weighted by Crippen LogP contribution is 2.17. The van der Waals surface area contributed by atoms with Crippen LogP contribution in [-0.4, -0.2) is 74.2 Å². The van der Waals surface area contributed by atoms with Crippen LogP contribution in [0.25, 0.3) is 0 Å². The number of nitrogens with zero attached hydrogens (tertiary/aromatic N) is 2. The van der Waals surface area contributed by atoms with E-state index in [0.29, 0.717) is 6.61 Å². The Bertz CT molecular complexity index is 571. The van der Waals surface area contributed by atoms with E-state index in [-0.39, 0.29) is 11.9 Å². The highest BCUT2D eigenvalue weighted by atomic mass is 16.5. The Morgan fingerprint density at radius 1 is 1.16 bits per heavy atom. The Morgan fingerprint density at radius 2 is 1.76 bits per heavy atom. The van der Waals surface area contributed by atoms with Gasteiger partial charge in [-0.15, -0.1) is 0 Å². The third-order valence-electron chi connectivity index (χ3n) is 4.32. The van der Waals surface area contributed by atoms with Crippen molar-refractivity contribution in [2.45, 2.75) is 13.0 Å². The average molecular weight is 350 g/mol. The zero-order valence-electron chi connectivity index (χ0n) is 14.7. The second kappa shape index (κ2) is 9.24. The number of hydrogen-bond donors (Lipinski definition) is 2. The predicted molar refractivity (Wildman–Crippen MR) is 93.7 cm³/mol. The van der Waals surface area contributed by atoms with E-state index >= 15 is 0 Å². The maximum absolute atomic E-state index is 11.8. The molecule has 1 unspecified atom stereocenters. The van der Waals surface area contributed by atoms with Gasteiger partial charge in [0.15, 0.2) is 0 Å². The first-order valence-corrected chi connectivity index (χ1v) is 8.33. The van der Waals surface area contributed by atoms with E-state index in [9.17, 15) is 9.59 Å². The van der Waals surface area contributed by atoms with Crippen molar-refractivity contribution in [3.05, 3.63) is 24.3 Å². The van der Waals surface area contributed by atoms with Crippen LogP contribution in [0.3, 0.4) is 0 Å². The number of nitrogens with two attached hydrogens (primary N) is 1. The third kappa shape index (κ3) is 5.91. The number of ether oxygens (including phenoxy) is 2. The summed E-state index contributed by atoms with van der Waals surface area (Å²) in [5, 5.41) is 2.13. The zero-order chi connectivity index (χ0) is 18.2. The van der Waals surface area contributed by atoms with Gasteiger partial charge in [0.2, 0.25) is 5.91 Å². The van der Waals surface area contributed by atoms with E-state index in [1.54, 1.807) is 14.0 Å². The van der Waals surface area contributed by atoms with Crippen molar-refractivity contribution in [1.29, 1.82) is 0 Å². The van der Waals surface area contributed by atoms with Gasteiger partial charge < -0.3 is 15.2 Å². The first-order valence-electron chi connectivity index (χ1n) is 8.33. The van der Waals surface area contributed by atoms with Gasteiger partial charge in [0, 0.05) is 32.7 Å². The molecule has 1 aromatic rings. The molecule has 138 valence electrons. The van der Waals surface area contributed by atoms with Crippen LogP contribution < -0.4 is 20.5 Å². The van der Waals surface area contributed by atoms with Crippen molar-refractivity contribution in [1.82, 2.24) is 15.1 Å². The van der Waals surface area contributed by atoms with Gasteiger partial charge in [-0.25, -0.2) is 4.79 Å². The number of benzene rings is 1. The third-order valence-corrected chi connectivity index (χ3v) is 4.32. The lowest BCUT2D eigenvalue weighted by atomic mass is 10.2. The van der Waals surface area contributed by atoms with Gasteiger partial charge in [0.05, 0.1) is 13.2 Å². The van der Waals surface area contributed by atoms with Crippen LogP contribution in [0.2, 0.25) is 0 Å². The van der Waals surface area contributed by atoms with Crippen LogP contribution >= 0.6 is 0 Å². The van der Waals surface area contributed by atoms with E-state index in [2.05, 4.69) is 10.2 Å². The Labute approximate surface area is 147 Å². The van der Waals surface area contributed by atoms with Gasteiger partial charge in [-0.2, -0.15) is 0 Å². The molecule has 1 aliphatic heterocycles. The van der Waals surface area contributed by atoms with Crippen molar-refractivity contribution in [3.8, 4) is 11.5 Å². The Morgan fingerprint density at radius 3 is 2.32 bits per heavy atom. The van der Waals surface area contributed by atoms with Gasteiger partial charge in [-0.3, -0.25) is 19.9 Å². The Kier molecular flexibility index (Phi) is 7.03. The van der Waals surface area contributed by atoms with Crippen LogP contribution in [-0.2, 0) is 4.79 Å². The first kappa shape index (κ1) is 19.0. The van der Waals surface area contributed by atoms with Crippen LogP contribution in [0.15, 0.2) is 24.3 Å². The summed E-state index contributed by atoms with van der Waals surface area (Å²) in [4.78, 5) is 26.9. The molecule has 8 nitrogen and oxygen atoms in total. The summed E-state index contributed by atoms with van der Waals surface area (Å²) in [6.45, 7) is 6.42. The van der Waals surface area contributed by atoms with Crippen molar-refractivity contribution < 1.29 is 19.1 Å². The summed E-state index contributed by atoms with van der Waals surface area (Å²) in [5.41, 5.74) is 4.98. The number of nitrogens with one attached hydrogen (secondary N) is 1. The minimum Gasteiger partial charge on any atom is -0.497 e. The van der Waals surface area contributed by atoms with Gasteiger partial charge in [0.1, 0.15) is 18.1 Å². The molecule has 25 heavy (non-hydrogen) atoms. The second-order valence-corrected chi connectivity index (χ2v) is 5.93. The van der Waals surface area contributed by atoms with E-state index in [1.807, 2.05) is 29.2 Å². The summed E-state index contributed by atoms with van der Waals surface area (Å²) >= 11 is 0. The minimum absolute atomic E-state index is 0.358. The molecule has 3 N–H and O–H groups in total. The quantitative estimate of drug-likeness (QED) is 0.733. The molecule has 0 aliphatic carbocycles. The number of rotatable bonds is 7. The zero-order valence-corrected chi connectivity index (χ0v) is 14.7. The molecule has 0 aromatic heterocycles. The van der Waals surface area contributed by atoms with Crippen molar-refractivity contribution in [2.24, 2.45) is 5.73 Å². The molecule has 1 heterocycles. The largest absolute Gasteiger partial charge is 0.497 e. The van der Waals surface area contributed by atoms with Crippen LogP contribution in [0.1, 0.15) is 6.92 Å². The Hall–Kier alpha value is -2.32. The number of carbonyl (C=O) groups is 2. The molecule has 1 atom stereocenters. The minimum atomic E-state index is -0.814. The van der Waals surface area contributed by atoms with E-state index in [1.165, 1.54) is 0 Å². The van der Waals surface area contributed by atoms with E-state index in [0.717, 1.165) is 44.2 Å². The monoisotopic (exact) mass is 350 g/mol. The smallest absolute Gasteiger partial charge is 0.318 e. The molecular weight excluding hydrogens is 324 g/mol. The number of amides is 3. The van der Waals surface area contributed by atoms with Crippen molar-refractivity contribution in [3.63, 3.8) is 0 Å². The van der Waals surface area contributed by atoms with Crippen molar-refractivity contribution >= 4 is 11.9 Å². The van der Waals surface area contributed by atoms with Gasteiger partial charge in [0.25, 0.3) is 0 Å². The fourth-order valence-electron chi connectivity index (χ4n) is 2.73. The molecule has 1 aliphatic rings. The summed E-state index contributed by atoms with van der Waals surface area (Å²) in [7, 11) is 1.63. The molecule has 1 fully saturated rings. The number of hydrogen-bond acceptors (Lipinski definition) is 6. The number of urea groups is 1. The summed E-state index contributed by atoms with van der Waals surface area (Å²) in [6, 6.07) is 6.32. The average Bonchev–Trinajstić information content (AvgIpc) is 2.61. The lowest BCUT2D eigenvalue weighted by molar-refractivity contribution is -0.125. The second-order valence-electron chi connectivity index (χ2n) is 5.93. The molecule has 0 radical (unpaired) electrons. The number of piperazine rings is 1. The summed E-state index contributed by atoms with van der Waals surface area (Å²) < 4.78 is 10.9. The number of imide groups is 1. The lowest BCUT2D eigenvalue weighted by Gasteiger charge is -2.37. The van der Waals surface area contributed by atoms with Crippen LogP contribution in [0.5, 0.6) is 11.5 Å². The molecule has 0 saturated carbocycles. The topological polar surface area (TPSA) is 97.1 Å². The number of methoxy groups -OCH3 is 1. The fourth-order valence-corrected chi connectivity index (χ4v) is 2.73. The molecular formula is C17H26N4O4. The number of primary amides is 1. The molecule has 8 heteroatoms. The molecule has 3 amide bonds. The predicted octanol–water partition coefficient (Wildman–Crippen LogP) is 0.275. The Balaban J connectivity index is 1.67. The summed E-state index contributed by atoms with van der Waals surface area (Å²) in [6.07, 6.45) is 0. The molecule has 1 aromatic carbocycles. The molecule has 1 saturated heterocycles. The highest BCUT2D eigenvalue weighted by molar-refractivity contribution is 5.96. The molecule has 0 bridgehead atoms. The van der Waals surface area contributed by atoms with Crippen LogP contribution in [0, 0.1) is 0 Å². The number of carbonyl (C=O) groups excluding carboxylic acids is 2. The molecule has 2 rings (SSSR count). The highest BCUT2D eigenvalue weighted by Gasteiger charge is 2.25. The maximum atomic E-state index is 11.8. The van der Waals surface area contributed by atoms with Gasteiger partial charge in [-0.1, -0.05) is 0 Å². The normalized spacial score (nSPS) is 16.9. The lowest BCUT2D eigenvalue weighted by Crippen LogP contribution is -2.55. The fraction of sp³-hybridized carbons (Fsp3) is 0.529. The maximum Gasteiger partial charge on any atom is 0.318 e. The SMILES string of the molecule is COc1ccc(OCCN2CCN(C(C)C(=O)NC(N)=O)CC2)cc1. The van der Waals surface area contributed by atoms with E-state index < -0.39 is 6.03 Å².